The van der Waals surface area contributed by atoms with E-state index in [9.17, 15) is 55.1 Å². The molecule has 5 rings (SSSR count). The minimum absolute atomic E-state index is 0.0166. The van der Waals surface area contributed by atoms with Gasteiger partial charge in [0.1, 0.15) is 35.7 Å². The van der Waals surface area contributed by atoms with Crippen LogP contribution in [0.2, 0.25) is 0 Å². The van der Waals surface area contributed by atoms with E-state index in [1.165, 1.54) is 42.1 Å². The number of nitrogens with zero attached hydrogens (tertiary/aromatic N) is 4. The molecule has 63 heavy (non-hydrogen) atoms. The summed E-state index contributed by atoms with van der Waals surface area (Å²) in [5, 5.41) is 2.78. The third-order valence-electron chi connectivity index (χ3n) is 13.3. The lowest BCUT2D eigenvalue weighted by Crippen LogP contribution is -2.70. The molecular weight excluding hydrogens is 909 g/mol. The SMILES string of the molecule is CC(C)C[C@@H]1NC(=O)[C@@H](N(C)C(=O)[C@@H](C2CC2)C2(C(N)=O)CC(F)CN2C(=O)C2(C(F)(F)F)CC(F)(F)C2)CCCCCCCN(C)C(=O)[C@H](Cc2cc(F)ccc2Br)N(C)C1=O. The fourth-order valence-electron chi connectivity index (χ4n) is 9.72. The number of hydrogen-bond acceptors (Lipinski definition) is 6. The van der Waals surface area contributed by atoms with Gasteiger partial charge in [-0.3, -0.25) is 28.8 Å². The van der Waals surface area contributed by atoms with Gasteiger partial charge in [0, 0.05) is 57.8 Å². The van der Waals surface area contributed by atoms with Crippen LogP contribution < -0.4 is 11.1 Å². The van der Waals surface area contributed by atoms with Gasteiger partial charge in [-0.2, -0.15) is 13.2 Å². The van der Waals surface area contributed by atoms with E-state index in [2.05, 4.69) is 21.2 Å². The van der Waals surface area contributed by atoms with Crippen LogP contribution in [0.4, 0.5) is 30.7 Å². The highest BCUT2D eigenvalue weighted by Crippen LogP contribution is 2.62. The normalized spacial score (nSPS) is 28.1. The van der Waals surface area contributed by atoms with Crippen molar-refractivity contribution in [1.29, 1.82) is 0 Å². The maximum atomic E-state index is 15.6. The summed E-state index contributed by atoms with van der Waals surface area (Å²) in [5.74, 6) is -13.5. The Balaban J connectivity index is 1.51. The van der Waals surface area contributed by atoms with Crippen LogP contribution in [0, 0.1) is 29.0 Å². The zero-order valence-corrected chi connectivity index (χ0v) is 37.8. The molecule has 0 spiro atoms. The number of nitrogens with one attached hydrogen (secondary N) is 1. The standard InChI is InChI=1S/C43H58BrF7N6O6/c1-24(2)17-30-35(59)56(5)32(19-26-18-27(45)14-15-29(26)44)36(60)54(3)16-10-8-6-7-9-11-31(34(58)53-30)55(4)37(61)33(25-12-13-25)42(38(52)62)20-28(46)21-57(42)39(63)40(43(49,50)51)22-41(47,48)23-40/h14-15,18,24-25,28,30-33H,6-13,16-17,19-23H2,1-5H3,(H2,52,62)(H,53,58)/t28?,30-,31-,32-,33+,42?/m0/s1. The van der Waals surface area contributed by atoms with E-state index in [-0.39, 0.29) is 42.9 Å². The average Bonchev–Trinajstić information content (AvgIpc) is 3.95. The third kappa shape index (κ3) is 10.5. The van der Waals surface area contributed by atoms with E-state index in [1.54, 1.807) is 20.9 Å². The largest absolute Gasteiger partial charge is 0.403 e. The molecular formula is C43H58BrF7N6O6. The Morgan fingerprint density at radius 2 is 1.60 bits per heavy atom. The molecule has 20 heteroatoms. The molecule has 6 amide bonds. The second kappa shape index (κ2) is 19.2. The number of benzene rings is 1. The first kappa shape index (κ1) is 50.0. The number of likely N-dealkylation sites (N-methyl/N-ethyl adjacent to an activating group) is 3. The molecule has 12 nitrogen and oxygen atoms in total. The summed E-state index contributed by atoms with van der Waals surface area (Å²) < 4.78 is 103. The molecule has 2 aliphatic carbocycles. The Bertz CT molecular complexity index is 1910. The summed E-state index contributed by atoms with van der Waals surface area (Å²) in [6, 6.07) is 0.222. The Labute approximate surface area is 371 Å². The van der Waals surface area contributed by atoms with E-state index >= 15 is 4.39 Å². The van der Waals surface area contributed by atoms with Crippen molar-refractivity contribution in [2.75, 3.05) is 34.2 Å². The second-order valence-electron chi connectivity index (χ2n) is 18.5. The van der Waals surface area contributed by atoms with Gasteiger partial charge in [0.25, 0.3) is 5.92 Å². The lowest BCUT2D eigenvalue weighted by atomic mass is 9.63. The predicted octanol–water partition coefficient (Wildman–Crippen LogP) is 5.93. The Morgan fingerprint density at radius 1 is 0.984 bits per heavy atom. The molecule has 2 saturated heterocycles. The molecule has 1 aromatic rings. The minimum atomic E-state index is -5.52. The number of rotatable bonds is 10. The fraction of sp³-hybridized carbons (Fsp3) is 0.721. The highest BCUT2D eigenvalue weighted by atomic mass is 79.9. The number of halogens is 8. The van der Waals surface area contributed by atoms with E-state index in [0.29, 0.717) is 48.7 Å². The van der Waals surface area contributed by atoms with Crippen LogP contribution in [-0.4, -0.2) is 131 Å². The molecule has 2 unspecified atom stereocenters. The molecule has 6 atom stereocenters. The molecule has 2 heterocycles. The fourth-order valence-corrected chi connectivity index (χ4v) is 10.1. The number of hydrogen-bond donors (Lipinski definition) is 2. The summed E-state index contributed by atoms with van der Waals surface area (Å²) in [7, 11) is 4.26. The van der Waals surface area contributed by atoms with E-state index in [4.69, 9.17) is 5.73 Å². The number of carbonyl (C=O) groups excluding carboxylic acids is 6. The summed E-state index contributed by atoms with van der Waals surface area (Å²) in [6.45, 7) is 2.85. The predicted molar refractivity (Wildman–Crippen MR) is 220 cm³/mol. The summed E-state index contributed by atoms with van der Waals surface area (Å²) in [4.78, 5) is 89.7. The first-order valence-corrected chi connectivity index (χ1v) is 22.3. The Morgan fingerprint density at radius 3 is 2.17 bits per heavy atom. The molecule has 0 aromatic heterocycles. The summed E-state index contributed by atoms with van der Waals surface area (Å²) in [5.41, 5.74) is -0.0371. The number of amides is 6. The smallest absolute Gasteiger partial charge is 0.368 e. The molecule has 2 aliphatic heterocycles. The first-order chi connectivity index (χ1) is 29.3. The zero-order chi connectivity index (χ0) is 47.0. The molecule has 0 bridgehead atoms. The van der Waals surface area contributed by atoms with E-state index in [1.807, 2.05) is 0 Å². The van der Waals surface area contributed by atoms with Crippen LogP contribution >= 0.6 is 15.9 Å². The van der Waals surface area contributed by atoms with Crippen molar-refractivity contribution in [3.05, 3.63) is 34.1 Å². The molecule has 4 fully saturated rings. The number of alkyl halides is 6. The van der Waals surface area contributed by atoms with Crippen LogP contribution in [-0.2, 0) is 35.2 Å². The molecule has 4 aliphatic rings. The molecule has 352 valence electrons. The molecule has 2 saturated carbocycles. The number of carbonyl (C=O) groups is 6. The van der Waals surface area contributed by atoms with Crippen LogP contribution in [0.15, 0.2) is 22.7 Å². The van der Waals surface area contributed by atoms with Crippen molar-refractivity contribution in [3.63, 3.8) is 0 Å². The maximum absolute atomic E-state index is 15.6. The second-order valence-corrected chi connectivity index (χ2v) is 19.3. The average molecular weight is 968 g/mol. The van der Waals surface area contributed by atoms with Gasteiger partial charge in [-0.25, -0.2) is 17.6 Å². The van der Waals surface area contributed by atoms with Gasteiger partial charge < -0.3 is 30.7 Å². The molecule has 1 aromatic carbocycles. The Kier molecular flexibility index (Phi) is 15.3. The first-order valence-electron chi connectivity index (χ1n) is 21.5. The minimum Gasteiger partial charge on any atom is -0.368 e. The lowest BCUT2D eigenvalue weighted by molar-refractivity contribution is -0.300. The third-order valence-corrected chi connectivity index (χ3v) is 14.1. The van der Waals surface area contributed by atoms with E-state index in [0.717, 1.165) is 4.90 Å². The Hall–Kier alpha value is -3.97. The summed E-state index contributed by atoms with van der Waals surface area (Å²) >= 11 is 3.41. The van der Waals surface area contributed by atoms with Crippen molar-refractivity contribution in [2.45, 2.75) is 139 Å². The van der Waals surface area contributed by atoms with Crippen molar-refractivity contribution >= 4 is 51.4 Å². The molecule has 3 N–H and O–H groups in total. The number of nitrogens with two attached hydrogens (primary N) is 1. The maximum Gasteiger partial charge on any atom is 0.403 e. The lowest BCUT2D eigenvalue weighted by Gasteiger charge is -2.51. The number of likely N-dealkylation sites (tertiary alicyclic amines) is 1. The van der Waals surface area contributed by atoms with Crippen molar-refractivity contribution < 1.29 is 59.5 Å². The van der Waals surface area contributed by atoms with Gasteiger partial charge >= 0.3 is 6.18 Å². The topological polar surface area (TPSA) is 153 Å². The van der Waals surface area contributed by atoms with Crippen LogP contribution in [0.25, 0.3) is 0 Å². The highest BCUT2D eigenvalue weighted by Gasteiger charge is 2.77. The van der Waals surface area contributed by atoms with Crippen LogP contribution in [0.3, 0.4) is 0 Å². The van der Waals surface area contributed by atoms with Gasteiger partial charge in [-0.15, -0.1) is 0 Å². The monoisotopic (exact) mass is 966 g/mol. The van der Waals surface area contributed by atoms with Crippen molar-refractivity contribution in [3.8, 4) is 0 Å². The molecule has 0 radical (unpaired) electrons. The van der Waals surface area contributed by atoms with Gasteiger partial charge in [0.15, 0.2) is 5.41 Å². The van der Waals surface area contributed by atoms with E-state index < -0.39 is 126 Å². The van der Waals surface area contributed by atoms with Gasteiger partial charge in [-0.1, -0.05) is 55.5 Å². The zero-order valence-electron chi connectivity index (χ0n) is 36.2. The van der Waals surface area contributed by atoms with Gasteiger partial charge in [-0.05, 0) is 67.7 Å². The highest BCUT2D eigenvalue weighted by molar-refractivity contribution is 9.10. The van der Waals surface area contributed by atoms with Gasteiger partial charge in [0.05, 0.1) is 12.5 Å². The van der Waals surface area contributed by atoms with Crippen LogP contribution in [0.1, 0.15) is 96.5 Å². The quantitative estimate of drug-likeness (QED) is 0.278. The number of primary amides is 1. The summed E-state index contributed by atoms with van der Waals surface area (Å²) in [6.07, 6.45) is -9.15. The van der Waals surface area contributed by atoms with Crippen LogP contribution in [0.5, 0.6) is 0 Å². The van der Waals surface area contributed by atoms with Gasteiger partial charge in [0.2, 0.25) is 35.4 Å². The van der Waals surface area contributed by atoms with Crippen molar-refractivity contribution in [2.24, 2.45) is 28.9 Å². The van der Waals surface area contributed by atoms with Crippen molar-refractivity contribution in [1.82, 2.24) is 24.9 Å².